The van der Waals surface area contributed by atoms with Crippen LogP contribution in [0.4, 0.5) is 5.13 Å². The molecule has 3 aromatic carbocycles. The highest BCUT2D eigenvalue weighted by atomic mass is 35.5. The Morgan fingerprint density at radius 2 is 1.80 bits per heavy atom. The minimum atomic E-state index is -0.986. The molecule has 1 aliphatic heterocycles. The van der Waals surface area contributed by atoms with Gasteiger partial charge >= 0.3 is 0 Å². The van der Waals surface area contributed by atoms with Crippen molar-refractivity contribution in [2.24, 2.45) is 0 Å². The third-order valence-electron chi connectivity index (χ3n) is 5.86. The second-order valence-electron chi connectivity index (χ2n) is 8.02. The van der Waals surface area contributed by atoms with Gasteiger partial charge in [-0.05, 0) is 48.0 Å². The number of aromatic nitrogens is 1. The highest BCUT2D eigenvalue weighted by Crippen LogP contribution is 2.45. The third-order valence-corrected chi connectivity index (χ3v) is 7.11. The zero-order valence-corrected chi connectivity index (χ0v) is 19.4. The fourth-order valence-electron chi connectivity index (χ4n) is 4.22. The number of aromatic hydroxyl groups is 1. The number of benzene rings is 3. The van der Waals surface area contributed by atoms with E-state index >= 15 is 0 Å². The van der Waals surface area contributed by atoms with Gasteiger partial charge in [0, 0.05) is 10.4 Å². The zero-order chi connectivity index (χ0) is 24.3. The van der Waals surface area contributed by atoms with Crippen molar-refractivity contribution in [3.63, 3.8) is 0 Å². The molecule has 0 aliphatic carbocycles. The number of phenolic OH excluding ortho intramolecular Hbond substituents is 1. The van der Waals surface area contributed by atoms with E-state index in [1.165, 1.54) is 28.4 Å². The maximum Gasteiger partial charge on any atom is 0.296 e. The van der Waals surface area contributed by atoms with Crippen molar-refractivity contribution in [1.82, 2.24) is 4.98 Å². The van der Waals surface area contributed by atoms with E-state index in [1.54, 1.807) is 54.6 Å². The first-order chi connectivity index (χ1) is 16.9. The summed E-state index contributed by atoms with van der Waals surface area (Å²) in [4.78, 5) is 32.8. The monoisotopic (exact) mass is 502 g/mol. The first kappa shape index (κ1) is 21.4. The van der Waals surface area contributed by atoms with Crippen LogP contribution in [0.1, 0.15) is 22.2 Å². The van der Waals surface area contributed by atoms with Crippen molar-refractivity contribution in [2.75, 3.05) is 4.90 Å². The fraction of sp³-hybridized carbons (Fsp3) is 0.0385. The molecule has 0 radical (unpaired) electrons. The summed E-state index contributed by atoms with van der Waals surface area (Å²) in [5, 5.41) is 22.3. The lowest BCUT2D eigenvalue weighted by molar-refractivity contribution is -0.117. The highest BCUT2D eigenvalue weighted by Gasteiger charge is 2.46. The Bertz CT molecular complexity index is 1650. The number of carbonyl (C=O) groups is 2. The molecule has 2 N–H and O–H groups in total. The molecule has 172 valence electrons. The lowest BCUT2D eigenvalue weighted by atomic mass is 9.95. The van der Waals surface area contributed by atoms with Crippen LogP contribution in [0, 0.1) is 0 Å². The molecule has 1 unspecified atom stereocenters. The summed E-state index contributed by atoms with van der Waals surface area (Å²) in [6.07, 6.45) is 0. The van der Waals surface area contributed by atoms with Crippen molar-refractivity contribution in [3.8, 4) is 5.75 Å². The number of hydrogen-bond acceptors (Lipinski definition) is 7. The lowest BCUT2D eigenvalue weighted by Crippen LogP contribution is -2.30. The summed E-state index contributed by atoms with van der Waals surface area (Å²) in [5.74, 6) is -2.02. The number of halogens is 1. The van der Waals surface area contributed by atoms with E-state index in [0.717, 1.165) is 10.1 Å². The summed E-state index contributed by atoms with van der Waals surface area (Å²) in [5.41, 5.74) is 1.53. The quantitative estimate of drug-likeness (QED) is 0.284. The molecule has 1 atom stereocenters. The van der Waals surface area contributed by atoms with Crippen LogP contribution in [0.25, 0.3) is 21.2 Å². The summed E-state index contributed by atoms with van der Waals surface area (Å²) in [7, 11) is 0. The number of ketones is 1. The average Bonchev–Trinajstić information content (AvgIpc) is 3.53. The van der Waals surface area contributed by atoms with Crippen LogP contribution < -0.4 is 4.90 Å². The zero-order valence-electron chi connectivity index (χ0n) is 17.8. The summed E-state index contributed by atoms with van der Waals surface area (Å²) in [6.45, 7) is 0. The number of aliphatic hydroxyl groups is 1. The van der Waals surface area contributed by atoms with Gasteiger partial charge < -0.3 is 14.6 Å². The Hall–Kier alpha value is -4.14. The smallest absolute Gasteiger partial charge is 0.296 e. The molecular weight excluding hydrogens is 488 g/mol. The molecule has 7 nitrogen and oxygen atoms in total. The predicted molar refractivity (Wildman–Crippen MR) is 133 cm³/mol. The minimum absolute atomic E-state index is 0.00209. The molecule has 0 fully saturated rings. The maximum absolute atomic E-state index is 13.6. The van der Waals surface area contributed by atoms with E-state index < -0.39 is 23.5 Å². The molecule has 0 saturated heterocycles. The first-order valence-corrected chi connectivity index (χ1v) is 11.7. The van der Waals surface area contributed by atoms with Crippen molar-refractivity contribution >= 4 is 60.9 Å². The second-order valence-corrected chi connectivity index (χ2v) is 9.46. The molecule has 0 spiro atoms. The van der Waals surface area contributed by atoms with E-state index in [1.807, 2.05) is 6.07 Å². The third kappa shape index (κ3) is 3.46. The number of para-hydroxylation sites is 1. The van der Waals surface area contributed by atoms with Gasteiger partial charge in [0.25, 0.3) is 5.91 Å². The molecule has 9 heteroatoms. The highest BCUT2D eigenvalue weighted by molar-refractivity contribution is 7.22. The van der Waals surface area contributed by atoms with Gasteiger partial charge in [-0.1, -0.05) is 53.3 Å². The fourth-order valence-corrected chi connectivity index (χ4v) is 5.49. The standard InChI is InChI=1S/C26H15ClN2O5S/c27-15-7-10-17-20(12-15)35-26(28-17)29-22(13-5-8-16(30)9-6-13)21(24(32)25(29)33)23(31)19-11-14-3-1-2-4-18(14)34-19/h1-12,22,30,32H. The van der Waals surface area contributed by atoms with Crippen molar-refractivity contribution in [2.45, 2.75) is 6.04 Å². The maximum atomic E-state index is 13.6. The number of hydrogen-bond donors (Lipinski definition) is 2. The van der Waals surface area contributed by atoms with Crippen molar-refractivity contribution < 1.29 is 24.2 Å². The van der Waals surface area contributed by atoms with Crippen LogP contribution in [-0.2, 0) is 4.79 Å². The number of rotatable bonds is 4. The van der Waals surface area contributed by atoms with Gasteiger partial charge in [-0.25, -0.2) is 4.98 Å². The number of anilines is 1. The van der Waals surface area contributed by atoms with Gasteiger partial charge in [-0.3, -0.25) is 14.5 Å². The number of carbonyl (C=O) groups excluding carboxylic acids is 2. The Labute approximate surface area is 207 Å². The molecular formula is C26H15ClN2O5S. The molecule has 5 aromatic rings. The van der Waals surface area contributed by atoms with Crippen LogP contribution in [0.5, 0.6) is 5.75 Å². The van der Waals surface area contributed by atoms with Crippen molar-refractivity contribution in [3.05, 3.63) is 100 Å². The van der Waals surface area contributed by atoms with E-state index in [2.05, 4.69) is 4.98 Å². The molecule has 0 bridgehead atoms. The van der Waals surface area contributed by atoms with Gasteiger partial charge in [0.05, 0.1) is 21.8 Å². The van der Waals surface area contributed by atoms with Crippen LogP contribution in [0.3, 0.4) is 0 Å². The van der Waals surface area contributed by atoms with Crippen molar-refractivity contribution in [1.29, 1.82) is 0 Å². The Morgan fingerprint density at radius 1 is 1.03 bits per heavy atom. The largest absolute Gasteiger partial charge is 0.508 e. The number of Topliss-reactive ketones (excluding diaryl/α,β-unsaturated/α-hetero) is 1. The second kappa shape index (κ2) is 7.97. The normalized spacial score (nSPS) is 16.1. The molecule has 0 saturated carbocycles. The van der Waals surface area contributed by atoms with E-state index in [4.69, 9.17) is 16.0 Å². The molecule has 1 aliphatic rings. The van der Waals surface area contributed by atoms with Gasteiger partial charge in [0.15, 0.2) is 16.7 Å². The Kier molecular flexibility index (Phi) is 4.87. The van der Waals surface area contributed by atoms with Gasteiger partial charge in [0.1, 0.15) is 11.3 Å². The lowest BCUT2D eigenvalue weighted by Gasteiger charge is -2.24. The van der Waals surface area contributed by atoms with E-state index in [-0.39, 0.29) is 17.1 Å². The number of phenols is 1. The first-order valence-electron chi connectivity index (χ1n) is 10.6. The van der Waals surface area contributed by atoms with Crippen LogP contribution >= 0.6 is 22.9 Å². The summed E-state index contributed by atoms with van der Waals surface area (Å²) >= 11 is 7.33. The molecule has 1 amide bonds. The molecule has 3 heterocycles. The predicted octanol–water partition coefficient (Wildman–Crippen LogP) is 6.18. The van der Waals surface area contributed by atoms with Crippen LogP contribution in [0.2, 0.25) is 5.02 Å². The number of nitrogens with zero attached hydrogens (tertiary/aromatic N) is 2. The Morgan fingerprint density at radius 3 is 2.57 bits per heavy atom. The molecule has 6 rings (SSSR count). The molecule has 2 aromatic heterocycles. The van der Waals surface area contributed by atoms with E-state index in [9.17, 15) is 19.8 Å². The SMILES string of the molecule is O=C(C1=C(O)C(=O)N(c2nc3ccc(Cl)cc3s2)C1c1ccc(O)cc1)c1cc2ccccc2o1. The van der Waals surface area contributed by atoms with E-state index in [0.29, 0.717) is 26.8 Å². The summed E-state index contributed by atoms with van der Waals surface area (Å²) < 4.78 is 6.49. The topological polar surface area (TPSA) is 104 Å². The summed E-state index contributed by atoms with van der Waals surface area (Å²) in [6, 6.07) is 19.0. The average molecular weight is 503 g/mol. The van der Waals surface area contributed by atoms with Gasteiger partial charge in [-0.2, -0.15) is 0 Å². The number of fused-ring (bicyclic) bond motifs is 2. The van der Waals surface area contributed by atoms with Crippen LogP contribution in [-0.4, -0.2) is 26.9 Å². The number of thiazole rings is 1. The van der Waals surface area contributed by atoms with Gasteiger partial charge in [0.2, 0.25) is 5.78 Å². The number of amides is 1. The number of aliphatic hydroxyl groups excluding tert-OH is 1. The molecule has 35 heavy (non-hydrogen) atoms. The van der Waals surface area contributed by atoms with Gasteiger partial charge in [-0.15, -0.1) is 0 Å². The number of furan rings is 1. The minimum Gasteiger partial charge on any atom is -0.508 e. The Balaban J connectivity index is 1.51. The van der Waals surface area contributed by atoms with Crippen LogP contribution in [0.15, 0.2) is 88.5 Å².